The number of anilines is 1. The van der Waals surface area contributed by atoms with Crippen LogP contribution in [0.25, 0.3) is 0 Å². The van der Waals surface area contributed by atoms with E-state index in [2.05, 4.69) is 15.6 Å². The molecule has 1 aromatic heterocycles. The molecule has 0 radical (unpaired) electrons. The van der Waals surface area contributed by atoms with E-state index in [4.69, 9.17) is 4.74 Å². The SMILES string of the molecule is CC(C)(C)OC(=O)NCCc1ccc(NC(=O)c2cccnc2)cc1. The molecule has 1 aromatic carbocycles. The van der Waals surface area contributed by atoms with Crippen molar-refractivity contribution in [2.75, 3.05) is 11.9 Å². The summed E-state index contributed by atoms with van der Waals surface area (Å²) in [6.45, 7) is 5.96. The molecule has 1 heterocycles. The van der Waals surface area contributed by atoms with E-state index >= 15 is 0 Å². The maximum Gasteiger partial charge on any atom is 0.407 e. The summed E-state index contributed by atoms with van der Waals surface area (Å²) in [5.74, 6) is -0.201. The van der Waals surface area contributed by atoms with Crippen molar-refractivity contribution in [3.05, 3.63) is 59.9 Å². The van der Waals surface area contributed by atoms with Gasteiger partial charge in [0.2, 0.25) is 0 Å². The van der Waals surface area contributed by atoms with Gasteiger partial charge in [0.05, 0.1) is 5.56 Å². The molecule has 0 aliphatic carbocycles. The highest BCUT2D eigenvalue weighted by Crippen LogP contribution is 2.12. The molecule has 2 N–H and O–H groups in total. The third kappa shape index (κ3) is 6.63. The van der Waals surface area contributed by atoms with Crippen LogP contribution >= 0.6 is 0 Å². The Kier molecular flexibility index (Phi) is 6.11. The first-order chi connectivity index (χ1) is 11.8. The zero-order valence-corrected chi connectivity index (χ0v) is 14.7. The average Bonchev–Trinajstić information content (AvgIpc) is 2.55. The minimum Gasteiger partial charge on any atom is -0.444 e. The van der Waals surface area contributed by atoms with Gasteiger partial charge in [-0.1, -0.05) is 12.1 Å². The lowest BCUT2D eigenvalue weighted by Crippen LogP contribution is -2.33. The van der Waals surface area contributed by atoms with Gasteiger partial charge in [-0.3, -0.25) is 9.78 Å². The summed E-state index contributed by atoms with van der Waals surface area (Å²) in [7, 11) is 0. The van der Waals surface area contributed by atoms with Crippen LogP contribution in [-0.2, 0) is 11.2 Å². The van der Waals surface area contributed by atoms with Crippen LogP contribution < -0.4 is 10.6 Å². The number of pyridine rings is 1. The number of carbonyl (C=O) groups is 2. The molecule has 0 fully saturated rings. The molecule has 0 atom stereocenters. The van der Waals surface area contributed by atoms with Crippen LogP contribution in [0.4, 0.5) is 10.5 Å². The molecular weight excluding hydrogens is 318 g/mol. The van der Waals surface area contributed by atoms with Gasteiger partial charge >= 0.3 is 6.09 Å². The van der Waals surface area contributed by atoms with Crippen molar-refractivity contribution in [2.45, 2.75) is 32.8 Å². The van der Waals surface area contributed by atoms with Crippen LogP contribution in [0.1, 0.15) is 36.7 Å². The van der Waals surface area contributed by atoms with Gasteiger partial charge in [-0.15, -0.1) is 0 Å². The van der Waals surface area contributed by atoms with E-state index in [1.165, 1.54) is 6.20 Å². The lowest BCUT2D eigenvalue weighted by molar-refractivity contribution is 0.0528. The van der Waals surface area contributed by atoms with E-state index in [0.717, 1.165) is 5.56 Å². The zero-order valence-electron chi connectivity index (χ0n) is 14.7. The van der Waals surface area contributed by atoms with Gasteiger partial charge in [-0.2, -0.15) is 0 Å². The Morgan fingerprint density at radius 3 is 2.44 bits per heavy atom. The molecule has 2 amide bonds. The molecule has 0 aliphatic heterocycles. The quantitative estimate of drug-likeness (QED) is 0.873. The van der Waals surface area contributed by atoms with Crippen LogP contribution in [0.3, 0.4) is 0 Å². The minimum absolute atomic E-state index is 0.201. The summed E-state index contributed by atoms with van der Waals surface area (Å²) in [6, 6.07) is 10.9. The van der Waals surface area contributed by atoms with Crippen molar-refractivity contribution in [2.24, 2.45) is 0 Å². The molecule has 6 heteroatoms. The second-order valence-corrected chi connectivity index (χ2v) is 6.57. The summed E-state index contributed by atoms with van der Waals surface area (Å²) >= 11 is 0. The normalized spacial score (nSPS) is 10.8. The lowest BCUT2D eigenvalue weighted by Gasteiger charge is -2.19. The molecule has 0 spiro atoms. The van der Waals surface area contributed by atoms with E-state index in [1.54, 1.807) is 18.3 Å². The highest BCUT2D eigenvalue weighted by atomic mass is 16.6. The van der Waals surface area contributed by atoms with Crippen molar-refractivity contribution < 1.29 is 14.3 Å². The molecule has 25 heavy (non-hydrogen) atoms. The average molecular weight is 341 g/mol. The minimum atomic E-state index is -0.502. The van der Waals surface area contributed by atoms with Crippen LogP contribution in [0.2, 0.25) is 0 Å². The fourth-order valence-electron chi connectivity index (χ4n) is 2.08. The number of alkyl carbamates (subject to hydrolysis) is 1. The largest absolute Gasteiger partial charge is 0.444 e. The number of nitrogens with one attached hydrogen (secondary N) is 2. The second-order valence-electron chi connectivity index (χ2n) is 6.57. The Balaban J connectivity index is 1.80. The van der Waals surface area contributed by atoms with E-state index in [-0.39, 0.29) is 5.91 Å². The smallest absolute Gasteiger partial charge is 0.407 e. The maximum atomic E-state index is 12.0. The first-order valence-corrected chi connectivity index (χ1v) is 8.11. The van der Waals surface area contributed by atoms with Crippen LogP contribution in [-0.4, -0.2) is 29.1 Å². The van der Waals surface area contributed by atoms with E-state index < -0.39 is 11.7 Å². The third-order valence-corrected chi connectivity index (χ3v) is 3.22. The molecule has 0 aliphatic rings. The van der Waals surface area contributed by atoms with Crippen molar-refractivity contribution in [1.29, 1.82) is 0 Å². The highest BCUT2D eigenvalue weighted by Gasteiger charge is 2.15. The van der Waals surface area contributed by atoms with Gasteiger partial charge in [0.15, 0.2) is 0 Å². The van der Waals surface area contributed by atoms with E-state index in [9.17, 15) is 9.59 Å². The van der Waals surface area contributed by atoms with Gasteiger partial charge in [0.25, 0.3) is 5.91 Å². The van der Waals surface area contributed by atoms with E-state index in [0.29, 0.717) is 24.2 Å². The summed E-state index contributed by atoms with van der Waals surface area (Å²) < 4.78 is 5.18. The summed E-state index contributed by atoms with van der Waals surface area (Å²) in [4.78, 5) is 27.5. The zero-order chi connectivity index (χ0) is 18.3. The Bertz CT molecular complexity index is 707. The third-order valence-electron chi connectivity index (χ3n) is 3.22. The highest BCUT2D eigenvalue weighted by molar-refractivity contribution is 6.03. The van der Waals surface area contributed by atoms with Crippen LogP contribution in [0.5, 0.6) is 0 Å². The summed E-state index contributed by atoms with van der Waals surface area (Å²) in [5.41, 5.74) is 1.76. The second kappa shape index (κ2) is 8.28. The Morgan fingerprint density at radius 1 is 1.12 bits per heavy atom. The Hall–Kier alpha value is -2.89. The summed E-state index contributed by atoms with van der Waals surface area (Å²) in [5, 5.41) is 5.53. The van der Waals surface area contributed by atoms with Crippen molar-refractivity contribution in [3.8, 4) is 0 Å². The number of benzene rings is 1. The number of amides is 2. The predicted molar refractivity (Wildman–Crippen MR) is 96.6 cm³/mol. The molecule has 132 valence electrons. The number of aromatic nitrogens is 1. The molecule has 0 unspecified atom stereocenters. The molecule has 2 rings (SSSR count). The van der Waals surface area contributed by atoms with Crippen LogP contribution in [0, 0.1) is 0 Å². The molecular formula is C19H23N3O3. The Labute approximate surface area is 147 Å². The van der Waals surface area contributed by atoms with Gasteiger partial charge in [0.1, 0.15) is 5.60 Å². The Morgan fingerprint density at radius 2 is 1.84 bits per heavy atom. The van der Waals surface area contributed by atoms with Gasteiger partial charge < -0.3 is 15.4 Å². The van der Waals surface area contributed by atoms with Crippen LogP contribution in [0.15, 0.2) is 48.8 Å². The monoisotopic (exact) mass is 341 g/mol. The van der Waals surface area contributed by atoms with Crippen molar-refractivity contribution >= 4 is 17.7 Å². The number of rotatable bonds is 5. The fourth-order valence-corrected chi connectivity index (χ4v) is 2.08. The number of hydrogen-bond donors (Lipinski definition) is 2. The first kappa shape index (κ1) is 18.4. The number of nitrogens with zero attached hydrogens (tertiary/aromatic N) is 1. The topological polar surface area (TPSA) is 80.3 Å². The van der Waals surface area contributed by atoms with Crippen molar-refractivity contribution in [3.63, 3.8) is 0 Å². The number of carbonyl (C=O) groups excluding carboxylic acids is 2. The van der Waals surface area contributed by atoms with E-state index in [1.807, 2.05) is 45.0 Å². The molecule has 0 bridgehead atoms. The van der Waals surface area contributed by atoms with Gasteiger partial charge in [-0.05, 0) is 57.0 Å². The molecule has 0 saturated heterocycles. The fraction of sp³-hybridized carbons (Fsp3) is 0.316. The standard InChI is InChI=1S/C19H23N3O3/c1-19(2,3)25-18(24)21-12-10-14-6-8-16(9-7-14)22-17(23)15-5-4-11-20-13-15/h4-9,11,13H,10,12H2,1-3H3,(H,21,24)(H,22,23). The first-order valence-electron chi connectivity index (χ1n) is 8.11. The maximum absolute atomic E-state index is 12.0. The van der Waals surface area contributed by atoms with Gasteiger partial charge in [-0.25, -0.2) is 4.79 Å². The van der Waals surface area contributed by atoms with Crippen molar-refractivity contribution in [1.82, 2.24) is 10.3 Å². The number of hydrogen-bond acceptors (Lipinski definition) is 4. The molecule has 2 aromatic rings. The lowest BCUT2D eigenvalue weighted by atomic mass is 10.1. The molecule has 6 nitrogen and oxygen atoms in total. The van der Waals surface area contributed by atoms with Gasteiger partial charge in [0, 0.05) is 24.6 Å². The number of ether oxygens (including phenoxy) is 1. The predicted octanol–water partition coefficient (Wildman–Crippen LogP) is 3.40. The summed E-state index contributed by atoms with van der Waals surface area (Å²) in [6.07, 6.45) is 3.40. The molecule has 0 saturated carbocycles.